The summed E-state index contributed by atoms with van der Waals surface area (Å²) in [4.78, 5) is 0.790. The van der Waals surface area contributed by atoms with Crippen LogP contribution in [0.2, 0.25) is 5.02 Å². The average molecular weight is 478 g/mol. The van der Waals surface area contributed by atoms with E-state index in [9.17, 15) is 8.42 Å². The maximum atomic E-state index is 12.9. The standard InChI is InChI=1S/C21H20ClN3O3S2.CH4/c1-13-17(14(2)24-23-13)9-10-29-20-8-7-16(22)12-18(20)25-30(26,27)21-11-15-5-3-4-6-19(15)28-21;/h3-8,11-12,25H,9-10H2,1-2H3,(H,23,24);1H4. The van der Waals surface area contributed by atoms with E-state index >= 15 is 0 Å². The number of aromatic amines is 1. The van der Waals surface area contributed by atoms with Crippen molar-refractivity contribution in [3.05, 3.63) is 70.5 Å². The molecule has 2 heterocycles. The number of rotatable bonds is 7. The van der Waals surface area contributed by atoms with E-state index in [1.165, 1.54) is 11.6 Å². The fraction of sp³-hybridized carbons (Fsp3) is 0.227. The number of hydrogen-bond donors (Lipinski definition) is 2. The second kappa shape index (κ2) is 9.38. The number of halogens is 1. The molecule has 4 rings (SSSR count). The third kappa shape index (κ3) is 5.08. The number of aryl methyl sites for hydroxylation is 2. The number of thioether (sulfide) groups is 1. The predicted molar refractivity (Wildman–Crippen MR) is 128 cm³/mol. The lowest BCUT2D eigenvalue weighted by Gasteiger charge is -2.12. The Bertz CT molecular complexity index is 1260. The first-order valence-electron chi connectivity index (χ1n) is 9.28. The van der Waals surface area contributed by atoms with Gasteiger partial charge in [0, 0.05) is 32.8 Å². The van der Waals surface area contributed by atoms with Crippen molar-refractivity contribution < 1.29 is 12.8 Å². The summed E-state index contributed by atoms with van der Waals surface area (Å²) in [6.07, 6.45) is 0.817. The highest BCUT2D eigenvalue weighted by Gasteiger charge is 2.21. The molecule has 0 aliphatic heterocycles. The van der Waals surface area contributed by atoms with Gasteiger partial charge in [0.15, 0.2) is 0 Å². The number of H-pyrrole nitrogens is 1. The number of nitrogens with zero attached hydrogens (tertiary/aromatic N) is 1. The van der Waals surface area contributed by atoms with Gasteiger partial charge in [0.2, 0.25) is 5.09 Å². The van der Waals surface area contributed by atoms with Crippen molar-refractivity contribution in [1.29, 1.82) is 0 Å². The molecule has 0 bridgehead atoms. The summed E-state index contributed by atoms with van der Waals surface area (Å²) < 4.78 is 34.0. The van der Waals surface area contributed by atoms with Gasteiger partial charge in [0.1, 0.15) is 5.58 Å². The third-order valence-electron chi connectivity index (χ3n) is 4.74. The zero-order valence-electron chi connectivity index (χ0n) is 16.4. The van der Waals surface area contributed by atoms with E-state index in [-0.39, 0.29) is 12.5 Å². The van der Waals surface area contributed by atoms with Crippen molar-refractivity contribution in [3.8, 4) is 0 Å². The summed E-state index contributed by atoms with van der Waals surface area (Å²) >= 11 is 7.69. The SMILES string of the molecule is C.Cc1n[nH]c(C)c1CCSc1ccc(Cl)cc1NS(=O)(=O)c1cc2ccccc2o1. The van der Waals surface area contributed by atoms with Crippen LogP contribution in [0.15, 0.2) is 62.9 Å². The van der Waals surface area contributed by atoms with Gasteiger partial charge >= 0.3 is 0 Å². The van der Waals surface area contributed by atoms with Gasteiger partial charge in [0.25, 0.3) is 10.0 Å². The largest absolute Gasteiger partial charge is 0.443 e. The first-order valence-corrected chi connectivity index (χ1v) is 12.1. The highest BCUT2D eigenvalue weighted by molar-refractivity contribution is 7.99. The Labute approximate surface area is 191 Å². The fourth-order valence-corrected chi connectivity index (χ4v) is 5.43. The van der Waals surface area contributed by atoms with E-state index in [0.29, 0.717) is 16.3 Å². The molecule has 0 unspecified atom stereocenters. The van der Waals surface area contributed by atoms with E-state index in [1.807, 2.05) is 26.0 Å². The van der Waals surface area contributed by atoms with Crippen LogP contribution in [0.4, 0.5) is 5.69 Å². The molecule has 0 spiro atoms. The molecule has 0 saturated heterocycles. The molecule has 0 fully saturated rings. The van der Waals surface area contributed by atoms with Crippen LogP contribution in [0.25, 0.3) is 11.0 Å². The zero-order valence-corrected chi connectivity index (χ0v) is 18.8. The van der Waals surface area contributed by atoms with E-state index in [1.54, 1.807) is 42.1 Å². The monoisotopic (exact) mass is 477 g/mol. The zero-order chi connectivity index (χ0) is 21.3. The van der Waals surface area contributed by atoms with Crippen molar-refractivity contribution in [2.45, 2.75) is 37.7 Å². The molecule has 2 aromatic heterocycles. The molecule has 0 saturated carbocycles. The van der Waals surface area contributed by atoms with Crippen molar-refractivity contribution >= 4 is 50.0 Å². The average Bonchev–Trinajstić information content (AvgIpc) is 3.28. The lowest BCUT2D eigenvalue weighted by Crippen LogP contribution is -2.12. The van der Waals surface area contributed by atoms with Crippen molar-refractivity contribution in [2.75, 3.05) is 10.5 Å². The Morgan fingerprint density at radius 2 is 1.94 bits per heavy atom. The molecule has 0 amide bonds. The Morgan fingerprint density at radius 3 is 2.65 bits per heavy atom. The minimum Gasteiger partial charge on any atom is -0.443 e. The van der Waals surface area contributed by atoms with Gasteiger partial charge in [0.05, 0.1) is 11.4 Å². The second-order valence-corrected chi connectivity index (χ2v) is 10.0. The molecular weight excluding hydrogens is 454 g/mol. The smallest absolute Gasteiger partial charge is 0.295 e. The maximum absolute atomic E-state index is 12.9. The molecule has 9 heteroatoms. The Balaban J connectivity index is 0.00000272. The molecule has 0 aliphatic rings. The number of sulfonamides is 1. The number of benzene rings is 2. The highest BCUT2D eigenvalue weighted by atomic mass is 35.5. The maximum Gasteiger partial charge on any atom is 0.295 e. The van der Waals surface area contributed by atoms with Gasteiger partial charge in [-0.05, 0) is 50.1 Å². The summed E-state index contributed by atoms with van der Waals surface area (Å²) in [5, 5.41) is 8.24. The van der Waals surface area contributed by atoms with Crippen LogP contribution in [0, 0.1) is 13.8 Å². The molecule has 6 nitrogen and oxygen atoms in total. The van der Waals surface area contributed by atoms with E-state index in [0.717, 1.165) is 33.8 Å². The Morgan fingerprint density at radius 1 is 1.16 bits per heavy atom. The van der Waals surface area contributed by atoms with Crippen molar-refractivity contribution in [1.82, 2.24) is 10.2 Å². The summed E-state index contributed by atoms with van der Waals surface area (Å²) in [6, 6.07) is 13.8. The number of para-hydroxylation sites is 1. The van der Waals surface area contributed by atoms with Crippen LogP contribution >= 0.6 is 23.4 Å². The quantitative estimate of drug-likeness (QED) is 0.309. The number of fused-ring (bicyclic) bond motifs is 1. The van der Waals surface area contributed by atoms with Gasteiger partial charge in [-0.1, -0.05) is 37.2 Å². The summed E-state index contributed by atoms with van der Waals surface area (Å²) in [7, 11) is -3.90. The van der Waals surface area contributed by atoms with Crippen LogP contribution in [0.3, 0.4) is 0 Å². The molecule has 2 N–H and O–H groups in total. The van der Waals surface area contributed by atoms with Crippen molar-refractivity contribution in [3.63, 3.8) is 0 Å². The molecule has 2 aromatic carbocycles. The number of anilines is 1. The first kappa shape index (κ1) is 23.2. The molecular formula is C22H24ClN3O3S2. The highest BCUT2D eigenvalue weighted by Crippen LogP contribution is 2.33. The minimum absolute atomic E-state index is 0. The fourth-order valence-electron chi connectivity index (χ4n) is 3.20. The van der Waals surface area contributed by atoms with Crippen LogP contribution in [-0.4, -0.2) is 24.4 Å². The van der Waals surface area contributed by atoms with Gasteiger partial charge in [-0.3, -0.25) is 9.82 Å². The van der Waals surface area contributed by atoms with Gasteiger partial charge in [-0.15, -0.1) is 11.8 Å². The minimum atomic E-state index is -3.90. The van der Waals surface area contributed by atoms with E-state index in [4.69, 9.17) is 16.0 Å². The summed E-state index contributed by atoms with van der Waals surface area (Å²) in [6.45, 7) is 3.97. The topological polar surface area (TPSA) is 88.0 Å². The third-order valence-corrected chi connectivity index (χ3v) is 7.27. The van der Waals surface area contributed by atoms with Gasteiger partial charge in [-0.25, -0.2) is 0 Å². The summed E-state index contributed by atoms with van der Waals surface area (Å²) in [5.41, 5.74) is 4.16. The normalized spacial score (nSPS) is 11.5. The lowest BCUT2D eigenvalue weighted by atomic mass is 10.1. The lowest BCUT2D eigenvalue weighted by molar-refractivity contribution is 0.484. The number of hydrogen-bond acceptors (Lipinski definition) is 5. The van der Waals surface area contributed by atoms with Crippen molar-refractivity contribution in [2.24, 2.45) is 0 Å². The molecule has 0 atom stereocenters. The van der Waals surface area contributed by atoms with Crippen LogP contribution in [-0.2, 0) is 16.4 Å². The Kier molecular flexibility index (Phi) is 7.03. The molecule has 0 radical (unpaired) electrons. The van der Waals surface area contributed by atoms with E-state index in [2.05, 4.69) is 14.9 Å². The van der Waals surface area contributed by atoms with Gasteiger partial charge < -0.3 is 4.42 Å². The molecule has 31 heavy (non-hydrogen) atoms. The second-order valence-electron chi connectivity index (χ2n) is 6.86. The number of nitrogens with one attached hydrogen (secondary N) is 2. The van der Waals surface area contributed by atoms with Crippen LogP contribution in [0.5, 0.6) is 0 Å². The van der Waals surface area contributed by atoms with Crippen LogP contribution < -0.4 is 4.72 Å². The summed E-state index contributed by atoms with van der Waals surface area (Å²) in [5.74, 6) is 0.766. The van der Waals surface area contributed by atoms with Gasteiger partial charge in [-0.2, -0.15) is 13.5 Å². The van der Waals surface area contributed by atoms with Crippen LogP contribution in [0.1, 0.15) is 24.4 Å². The predicted octanol–water partition coefficient (Wildman–Crippen LogP) is 6.20. The molecule has 164 valence electrons. The molecule has 4 aromatic rings. The number of furan rings is 1. The van der Waals surface area contributed by atoms with E-state index < -0.39 is 10.0 Å². The molecule has 0 aliphatic carbocycles. The first-order chi connectivity index (χ1) is 14.3. The Hall–Kier alpha value is -2.42. The number of aromatic nitrogens is 2.